The van der Waals surface area contributed by atoms with Gasteiger partial charge in [-0.2, -0.15) is 0 Å². The van der Waals surface area contributed by atoms with Gasteiger partial charge in [0.2, 0.25) is 0 Å². The van der Waals surface area contributed by atoms with Gasteiger partial charge in [0.25, 0.3) is 6.43 Å². The molecule has 4 rings (SSSR count). The lowest BCUT2D eigenvalue weighted by Gasteiger charge is -2.22. The lowest BCUT2D eigenvalue weighted by Crippen LogP contribution is -2.20. The van der Waals surface area contributed by atoms with E-state index in [1.54, 1.807) is 19.9 Å². The number of nitrogens with zero attached hydrogens (tertiary/aromatic N) is 4. The number of hydrogen-bond acceptors (Lipinski definition) is 7. The first kappa shape index (κ1) is 23.0. The fourth-order valence-electron chi connectivity index (χ4n) is 3.79. The molecule has 1 fully saturated rings. The van der Waals surface area contributed by atoms with Crippen LogP contribution in [-0.4, -0.2) is 48.4 Å². The first-order valence-corrected chi connectivity index (χ1v) is 10.7. The molecule has 1 aliphatic heterocycles. The molecule has 0 spiro atoms. The molecule has 33 heavy (non-hydrogen) atoms. The summed E-state index contributed by atoms with van der Waals surface area (Å²) < 4.78 is 52.6. The highest BCUT2D eigenvalue weighted by molar-refractivity contribution is 5.90. The van der Waals surface area contributed by atoms with Crippen molar-refractivity contribution in [1.82, 2.24) is 15.0 Å². The van der Waals surface area contributed by atoms with E-state index >= 15 is 0 Å². The summed E-state index contributed by atoms with van der Waals surface area (Å²) in [6.45, 7) is 4.55. The van der Waals surface area contributed by atoms with Crippen LogP contribution in [-0.2, 0) is 4.74 Å². The van der Waals surface area contributed by atoms with E-state index in [4.69, 9.17) is 9.47 Å². The summed E-state index contributed by atoms with van der Waals surface area (Å²) in [4.78, 5) is 15.4. The van der Waals surface area contributed by atoms with Crippen molar-refractivity contribution in [3.8, 4) is 5.75 Å². The van der Waals surface area contributed by atoms with Crippen LogP contribution in [0.1, 0.15) is 42.8 Å². The summed E-state index contributed by atoms with van der Waals surface area (Å²) >= 11 is 0. The third-order valence-corrected chi connectivity index (χ3v) is 5.46. The Morgan fingerprint density at radius 3 is 2.61 bits per heavy atom. The second-order valence-electron chi connectivity index (χ2n) is 8.22. The zero-order chi connectivity index (χ0) is 23.7. The van der Waals surface area contributed by atoms with Gasteiger partial charge in [-0.3, -0.25) is 0 Å². The molecular formula is C23H26F3N5O2. The Kier molecular flexibility index (Phi) is 6.55. The predicted octanol–water partition coefficient (Wildman–Crippen LogP) is 4.82. The number of nitrogens with one attached hydrogen (secondary N) is 1. The number of anilines is 2. The average Bonchev–Trinajstić information content (AvgIpc) is 3.26. The minimum atomic E-state index is -2.90. The van der Waals surface area contributed by atoms with Crippen LogP contribution < -0.4 is 15.0 Å². The van der Waals surface area contributed by atoms with Crippen molar-refractivity contribution >= 4 is 22.7 Å². The number of fused-ring (bicyclic) bond motifs is 1. The summed E-state index contributed by atoms with van der Waals surface area (Å²) in [6, 6.07) is 5.15. The molecular weight excluding hydrogens is 435 g/mol. The van der Waals surface area contributed by atoms with Crippen molar-refractivity contribution < 1.29 is 22.6 Å². The molecule has 1 saturated heterocycles. The minimum Gasteiger partial charge on any atom is -0.484 e. The molecule has 1 aliphatic rings. The number of pyridine rings is 1. The van der Waals surface area contributed by atoms with Gasteiger partial charge in [-0.25, -0.2) is 28.1 Å². The fourth-order valence-corrected chi connectivity index (χ4v) is 3.79. The predicted molar refractivity (Wildman–Crippen MR) is 120 cm³/mol. The average molecular weight is 461 g/mol. The van der Waals surface area contributed by atoms with E-state index in [1.165, 1.54) is 12.1 Å². The number of aryl methyl sites for hydroxylation is 1. The number of ether oxygens (including phenoxy) is 2. The number of rotatable bonds is 7. The number of hydrogen-bond donors (Lipinski definition) is 1. The molecule has 3 aromatic rings. The van der Waals surface area contributed by atoms with Crippen molar-refractivity contribution in [2.24, 2.45) is 0 Å². The normalized spacial score (nSPS) is 16.9. The second kappa shape index (κ2) is 9.38. The number of benzene rings is 1. The molecule has 0 radical (unpaired) electrons. The Hall–Kier alpha value is -3.14. The third kappa shape index (κ3) is 4.80. The molecule has 3 heterocycles. The summed E-state index contributed by atoms with van der Waals surface area (Å²) in [7, 11) is 3.72. The Morgan fingerprint density at radius 1 is 1.18 bits per heavy atom. The van der Waals surface area contributed by atoms with Crippen molar-refractivity contribution in [3.63, 3.8) is 0 Å². The first-order chi connectivity index (χ1) is 15.7. The quantitative estimate of drug-likeness (QED) is 0.541. The zero-order valence-electron chi connectivity index (χ0n) is 18.9. The van der Waals surface area contributed by atoms with E-state index < -0.39 is 23.8 Å². The Labute approximate surface area is 190 Å². The molecule has 2 aromatic heterocycles. The molecule has 0 amide bonds. The fraction of sp³-hybridized carbons (Fsp3) is 0.435. The number of alkyl halides is 2. The molecule has 10 heteroatoms. The van der Waals surface area contributed by atoms with E-state index in [0.29, 0.717) is 47.5 Å². The molecule has 2 atom stereocenters. The molecule has 1 aromatic carbocycles. The van der Waals surface area contributed by atoms with Gasteiger partial charge < -0.3 is 19.7 Å². The number of halogens is 3. The summed E-state index contributed by atoms with van der Waals surface area (Å²) in [6.07, 6.45) is -2.21. The van der Waals surface area contributed by atoms with Gasteiger partial charge in [0, 0.05) is 26.1 Å². The Morgan fingerprint density at radius 2 is 1.94 bits per heavy atom. The lowest BCUT2D eigenvalue weighted by atomic mass is 10.0. The van der Waals surface area contributed by atoms with Crippen molar-refractivity contribution in [2.45, 2.75) is 38.8 Å². The van der Waals surface area contributed by atoms with E-state index in [1.807, 2.05) is 19.0 Å². The second-order valence-corrected chi connectivity index (χ2v) is 8.22. The highest BCUT2D eigenvalue weighted by Crippen LogP contribution is 2.35. The first-order valence-electron chi connectivity index (χ1n) is 10.7. The minimum absolute atomic E-state index is 0.0872. The molecule has 0 unspecified atom stereocenters. The maximum Gasteiger partial charge on any atom is 0.266 e. The Bertz CT molecular complexity index is 1150. The van der Waals surface area contributed by atoms with Crippen LogP contribution in [0.25, 0.3) is 11.0 Å². The molecule has 0 bridgehead atoms. The maximum atomic E-state index is 14.7. The van der Waals surface area contributed by atoms with Gasteiger partial charge >= 0.3 is 0 Å². The molecule has 7 nitrogen and oxygen atoms in total. The van der Waals surface area contributed by atoms with E-state index in [2.05, 4.69) is 20.3 Å². The molecule has 176 valence electrons. The van der Waals surface area contributed by atoms with Crippen LogP contribution in [0, 0.1) is 12.7 Å². The molecule has 0 aliphatic carbocycles. The highest BCUT2D eigenvalue weighted by atomic mass is 19.3. The van der Waals surface area contributed by atoms with Gasteiger partial charge in [0.15, 0.2) is 17.2 Å². The van der Waals surface area contributed by atoms with E-state index in [9.17, 15) is 13.2 Å². The van der Waals surface area contributed by atoms with Crippen LogP contribution in [0.4, 0.5) is 24.8 Å². The molecule has 1 N–H and O–H groups in total. The zero-order valence-corrected chi connectivity index (χ0v) is 18.9. The van der Waals surface area contributed by atoms with Crippen LogP contribution >= 0.6 is 0 Å². The lowest BCUT2D eigenvalue weighted by molar-refractivity contribution is 0.141. The largest absolute Gasteiger partial charge is 0.484 e. The SMILES string of the molecule is Cc1nc(N[C@H](C)c2cccc(C(F)F)c2F)c2cc(O[C@H]3CCOC3)c(N(C)C)nc2n1. The smallest absolute Gasteiger partial charge is 0.266 e. The molecule has 0 saturated carbocycles. The van der Waals surface area contributed by atoms with Gasteiger partial charge in [-0.05, 0) is 19.9 Å². The van der Waals surface area contributed by atoms with Crippen LogP contribution in [0.5, 0.6) is 5.75 Å². The van der Waals surface area contributed by atoms with Crippen LogP contribution in [0.3, 0.4) is 0 Å². The van der Waals surface area contributed by atoms with E-state index in [0.717, 1.165) is 12.5 Å². The van der Waals surface area contributed by atoms with Gasteiger partial charge in [0.1, 0.15) is 23.6 Å². The maximum absolute atomic E-state index is 14.7. The number of aromatic nitrogens is 3. The summed E-state index contributed by atoms with van der Waals surface area (Å²) in [5, 5.41) is 3.73. The van der Waals surface area contributed by atoms with Crippen molar-refractivity contribution in [2.75, 3.05) is 37.5 Å². The van der Waals surface area contributed by atoms with Crippen molar-refractivity contribution in [3.05, 3.63) is 47.0 Å². The highest BCUT2D eigenvalue weighted by Gasteiger charge is 2.23. The third-order valence-electron chi connectivity index (χ3n) is 5.46. The monoisotopic (exact) mass is 461 g/mol. The topological polar surface area (TPSA) is 72.4 Å². The van der Waals surface area contributed by atoms with E-state index in [-0.39, 0.29) is 11.7 Å². The van der Waals surface area contributed by atoms with Crippen LogP contribution in [0.2, 0.25) is 0 Å². The van der Waals surface area contributed by atoms with Gasteiger partial charge in [-0.15, -0.1) is 0 Å². The summed E-state index contributed by atoms with van der Waals surface area (Å²) in [5.41, 5.74) is -0.0657. The van der Waals surface area contributed by atoms with Gasteiger partial charge in [0.05, 0.1) is 30.2 Å². The van der Waals surface area contributed by atoms with Crippen LogP contribution in [0.15, 0.2) is 24.3 Å². The van der Waals surface area contributed by atoms with Crippen molar-refractivity contribution in [1.29, 1.82) is 0 Å². The van der Waals surface area contributed by atoms with Gasteiger partial charge in [-0.1, -0.05) is 18.2 Å². The standard InChI is InChI=1S/C23H26F3N5O2/c1-12(15-6-5-7-16(19(15)24)20(25)26)27-21-17-10-18(33-14-8-9-32-11-14)23(31(3)4)30-22(17)29-13(2)28-21/h5-7,10,12,14,20H,8-9,11H2,1-4H3,(H,27,28,29,30)/t12-,14+/m1/s1. The summed E-state index contributed by atoms with van der Waals surface area (Å²) in [5.74, 6) is 1.12. The Balaban J connectivity index is 1.75.